The molecule has 0 amide bonds. The standard InChI is InChI=1S/C26H34O4/c1-4-5-6-7-11-20-29-24(27)18-19-25(28)30-23-16-14-22(15-17-23)26(2,3)21-12-9-8-10-13-21/h8-10,12-17H,4-7,11,18-20H2,1-3H3. The minimum Gasteiger partial charge on any atom is -0.466 e. The molecule has 4 heteroatoms. The fourth-order valence-electron chi connectivity index (χ4n) is 3.31. The van der Waals surface area contributed by atoms with Crippen molar-refractivity contribution < 1.29 is 19.1 Å². The summed E-state index contributed by atoms with van der Waals surface area (Å²) in [4.78, 5) is 23.8. The zero-order chi connectivity index (χ0) is 21.8. The average molecular weight is 411 g/mol. The van der Waals surface area contributed by atoms with E-state index in [-0.39, 0.29) is 24.2 Å². The zero-order valence-corrected chi connectivity index (χ0v) is 18.5. The second kappa shape index (κ2) is 12.2. The molecule has 0 unspecified atom stereocenters. The summed E-state index contributed by atoms with van der Waals surface area (Å²) >= 11 is 0. The van der Waals surface area contributed by atoms with E-state index >= 15 is 0 Å². The number of benzene rings is 2. The van der Waals surface area contributed by atoms with Crippen LogP contribution in [-0.2, 0) is 19.7 Å². The molecule has 0 radical (unpaired) electrons. The van der Waals surface area contributed by atoms with Crippen LogP contribution in [0.25, 0.3) is 0 Å². The van der Waals surface area contributed by atoms with Crippen LogP contribution in [-0.4, -0.2) is 18.5 Å². The molecule has 0 fully saturated rings. The lowest BCUT2D eigenvalue weighted by atomic mass is 9.78. The summed E-state index contributed by atoms with van der Waals surface area (Å²) in [6, 6.07) is 17.8. The molecule has 2 aromatic carbocycles. The van der Waals surface area contributed by atoms with Crippen LogP contribution in [0.4, 0.5) is 0 Å². The van der Waals surface area contributed by atoms with Crippen LogP contribution in [0.3, 0.4) is 0 Å². The lowest BCUT2D eigenvalue weighted by Gasteiger charge is -2.26. The number of esters is 2. The third-order valence-electron chi connectivity index (χ3n) is 5.35. The first-order valence-electron chi connectivity index (χ1n) is 11.0. The van der Waals surface area contributed by atoms with Gasteiger partial charge in [-0.1, -0.05) is 88.9 Å². The predicted octanol–water partition coefficient (Wildman–Crippen LogP) is 6.21. The molecule has 4 nitrogen and oxygen atoms in total. The highest BCUT2D eigenvalue weighted by molar-refractivity contribution is 5.79. The molecule has 0 heterocycles. The highest BCUT2D eigenvalue weighted by Gasteiger charge is 2.22. The normalized spacial score (nSPS) is 11.2. The van der Waals surface area contributed by atoms with Gasteiger partial charge in [-0.3, -0.25) is 9.59 Å². The summed E-state index contributed by atoms with van der Waals surface area (Å²) in [5.41, 5.74) is 2.21. The second-order valence-corrected chi connectivity index (χ2v) is 8.12. The van der Waals surface area contributed by atoms with Gasteiger partial charge >= 0.3 is 11.9 Å². The molecule has 30 heavy (non-hydrogen) atoms. The number of hydrogen-bond acceptors (Lipinski definition) is 4. The quantitative estimate of drug-likeness (QED) is 0.237. The van der Waals surface area contributed by atoms with Gasteiger partial charge in [0.05, 0.1) is 19.4 Å². The van der Waals surface area contributed by atoms with Gasteiger partial charge in [0.2, 0.25) is 0 Å². The SMILES string of the molecule is CCCCCCCOC(=O)CCC(=O)Oc1ccc(C(C)(C)c2ccccc2)cc1. The van der Waals surface area contributed by atoms with Gasteiger partial charge in [0.15, 0.2) is 0 Å². The van der Waals surface area contributed by atoms with Gasteiger partial charge in [0.25, 0.3) is 0 Å². The fraction of sp³-hybridized carbons (Fsp3) is 0.462. The van der Waals surface area contributed by atoms with Crippen LogP contribution in [0.5, 0.6) is 5.75 Å². The molecule has 0 aromatic heterocycles. The molecule has 0 aliphatic rings. The first kappa shape index (κ1) is 23.7. The Hall–Kier alpha value is -2.62. The fourth-order valence-corrected chi connectivity index (χ4v) is 3.31. The van der Waals surface area contributed by atoms with E-state index in [4.69, 9.17) is 9.47 Å². The van der Waals surface area contributed by atoms with Crippen LogP contribution in [0.15, 0.2) is 54.6 Å². The van der Waals surface area contributed by atoms with Gasteiger partial charge < -0.3 is 9.47 Å². The largest absolute Gasteiger partial charge is 0.466 e. The van der Waals surface area contributed by atoms with Crippen molar-refractivity contribution in [2.24, 2.45) is 0 Å². The van der Waals surface area contributed by atoms with Gasteiger partial charge in [-0.2, -0.15) is 0 Å². The minimum absolute atomic E-state index is 0.0198. The third-order valence-corrected chi connectivity index (χ3v) is 5.35. The van der Waals surface area contributed by atoms with Crippen molar-refractivity contribution in [2.75, 3.05) is 6.61 Å². The Morgan fingerprint density at radius 3 is 2.03 bits per heavy atom. The lowest BCUT2D eigenvalue weighted by molar-refractivity contribution is -0.147. The van der Waals surface area contributed by atoms with Crippen molar-refractivity contribution in [3.05, 3.63) is 65.7 Å². The van der Waals surface area contributed by atoms with Gasteiger partial charge in [0, 0.05) is 5.41 Å². The summed E-state index contributed by atoms with van der Waals surface area (Å²) in [5, 5.41) is 0. The molecule has 0 aliphatic heterocycles. The smallest absolute Gasteiger partial charge is 0.311 e. The Bertz CT molecular complexity index is 778. The van der Waals surface area contributed by atoms with Crippen molar-refractivity contribution in [1.29, 1.82) is 0 Å². The first-order valence-corrected chi connectivity index (χ1v) is 11.0. The molecule has 0 N–H and O–H groups in total. The lowest BCUT2D eigenvalue weighted by Crippen LogP contribution is -2.18. The molecule has 0 atom stereocenters. The molecule has 0 spiro atoms. The second-order valence-electron chi connectivity index (χ2n) is 8.12. The van der Waals surface area contributed by atoms with E-state index in [1.54, 1.807) is 12.1 Å². The Morgan fingerprint density at radius 1 is 0.767 bits per heavy atom. The third kappa shape index (κ3) is 7.66. The van der Waals surface area contributed by atoms with Crippen molar-refractivity contribution in [3.8, 4) is 5.75 Å². The monoisotopic (exact) mass is 410 g/mol. The summed E-state index contributed by atoms with van der Waals surface area (Å²) in [6.07, 6.45) is 5.59. The van der Waals surface area contributed by atoms with E-state index in [9.17, 15) is 9.59 Å². The molecule has 2 aromatic rings. The van der Waals surface area contributed by atoms with Gasteiger partial charge in [-0.15, -0.1) is 0 Å². The summed E-state index contributed by atoms with van der Waals surface area (Å²) in [5.74, 6) is -0.288. The van der Waals surface area contributed by atoms with Crippen molar-refractivity contribution in [2.45, 2.75) is 71.1 Å². The van der Waals surface area contributed by atoms with Gasteiger partial charge in [0.1, 0.15) is 5.75 Å². The summed E-state index contributed by atoms with van der Waals surface area (Å²) < 4.78 is 10.5. The number of rotatable bonds is 12. The Balaban J connectivity index is 1.75. The highest BCUT2D eigenvalue weighted by Crippen LogP contribution is 2.32. The maximum atomic E-state index is 12.0. The van der Waals surface area contributed by atoms with Crippen molar-refractivity contribution in [1.82, 2.24) is 0 Å². The molecular weight excluding hydrogens is 376 g/mol. The number of ether oxygens (including phenoxy) is 2. The van der Waals surface area contributed by atoms with E-state index in [0.29, 0.717) is 12.4 Å². The van der Waals surface area contributed by atoms with E-state index in [1.165, 1.54) is 24.8 Å². The molecule has 162 valence electrons. The van der Waals surface area contributed by atoms with Crippen molar-refractivity contribution >= 4 is 11.9 Å². The number of hydrogen-bond donors (Lipinski definition) is 0. The minimum atomic E-state index is -0.426. The van der Waals surface area contributed by atoms with Gasteiger partial charge in [-0.25, -0.2) is 0 Å². The van der Waals surface area contributed by atoms with Crippen LogP contribution >= 0.6 is 0 Å². The van der Waals surface area contributed by atoms with Crippen LogP contribution < -0.4 is 4.74 Å². The Morgan fingerprint density at radius 2 is 1.37 bits per heavy atom. The predicted molar refractivity (Wildman–Crippen MR) is 120 cm³/mol. The Kier molecular flexibility index (Phi) is 9.59. The van der Waals surface area contributed by atoms with Crippen LogP contribution in [0.1, 0.15) is 76.8 Å². The van der Waals surface area contributed by atoms with E-state index in [1.807, 2.05) is 30.3 Å². The molecular formula is C26H34O4. The molecule has 2 rings (SSSR count). The summed E-state index contributed by atoms with van der Waals surface area (Å²) in [6.45, 7) is 6.92. The molecule has 0 saturated carbocycles. The maximum absolute atomic E-state index is 12.0. The van der Waals surface area contributed by atoms with Crippen LogP contribution in [0.2, 0.25) is 0 Å². The average Bonchev–Trinajstić information content (AvgIpc) is 2.76. The maximum Gasteiger partial charge on any atom is 0.311 e. The zero-order valence-electron chi connectivity index (χ0n) is 18.5. The molecule has 0 bridgehead atoms. The highest BCUT2D eigenvalue weighted by atomic mass is 16.5. The molecule has 0 saturated heterocycles. The topological polar surface area (TPSA) is 52.6 Å². The van der Waals surface area contributed by atoms with E-state index in [0.717, 1.165) is 18.4 Å². The van der Waals surface area contributed by atoms with Crippen molar-refractivity contribution in [3.63, 3.8) is 0 Å². The first-order chi connectivity index (χ1) is 14.4. The van der Waals surface area contributed by atoms with E-state index in [2.05, 4.69) is 32.9 Å². The van der Waals surface area contributed by atoms with E-state index < -0.39 is 5.97 Å². The number of carbonyl (C=O) groups excluding carboxylic acids is 2. The number of carbonyl (C=O) groups is 2. The summed E-state index contributed by atoms with van der Waals surface area (Å²) in [7, 11) is 0. The van der Waals surface area contributed by atoms with Crippen LogP contribution in [0, 0.1) is 0 Å². The van der Waals surface area contributed by atoms with Gasteiger partial charge in [-0.05, 0) is 29.7 Å². The Labute approximate surface area is 180 Å². The number of unbranched alkanes of at least 4 members (excludes halogenated alkanes) is 4. The molecule has 0 aliphatic carbocycles.